The number of para-hydroxylation sites is 1. The maximum absolute atomic E-state index is 12.5. The van der Waals surface area contributed by atoms with Gasteiger partial charge in [-0.15, -0.1) is 0 Å². The summed E-state index contributed by atoms with van der Waals surface area (Å²) in [6.45, 7) is 2.81. The number of hydrogen-bond donors (Lipinski definition) is 2. The molecule has 0 aliphatic carbocycles. The molecular weight excluding hydrogens is 282 g/mol. The number of amides is 1. The van der Waals surface area contributed by atoms with Gasteiger partial charge in [0.2, 0.25) is 0 Å². The average molecular weight is 301 g/mol. The van der Waals surface area contributed by atoms with Crippen molar-refractivity contribution in [1.29, 1.82) is 0 Å². The average Bonchev–Trinajstić information content (AvgIpc) is 3.14. The molecule has 0 spiro atoms. The van der Waals surface area contributed by atoms with Crippen LogP contribution in [0.2, 0.25) is 0 Å². The highest BCUT2D eigenvalue weighted by molar-refractivity contribution is 5.95. The molecule has 1 aromatic carbocycles. The minimum absolute atomic E-state index is 0.0510. The molecule has 22 heavy (non-hydrogen) atoms. The van der Waals surface area contributed by atoms with Gasteiger partial charge in [0.05, 0.1) is 18.0 Å². The normalized spacial score (nSPS) is 19.4. The predicted molar refractivity (Wildman–Crippen MR) is 80.9 cm³/mol. The number of aliphatic hydroxyl groups excluding tert-OH is 1. The van der Waals surface area contributed by atoms with Gasteiger partial charge >= 0.3 is 0 Å². The molecule has 6 nitrogen and oxygen atoms in total. The molecule has 0 radical (unpaired) electrons. The number of rotatable bonds is 3. The van der Waals surface area contributed by atoms with Crippen molar-refractivity contribution in [3.05, 3.63) is 42.2 Å². The maximum Gasteiger partial charge on any atom is 0.278 e. The summed E-state index contributed by atoms with van der Waals surface area (Å²) in [6.07, 6.45) is 1.77. The number of hydrogen-bond acceptors (Lipinski definition) is 4. The Bertz CT molecular complexity index is 667. The topological polar surface area (TPSA) is 78.6 Å². The smallest absolute Gasteiger partial charge is 0.278 e. The quantitative estimate of drug-likeness (QED) is 0.898. The highest BCUT2D eigenvalue weighted by Crippen LogP contribution is 2.25. The van der Waals surface area contributed by atoms with Gasteiger partial charge in [-0.25, -0.2) is 4.68 Å². The first-order valence-corrected chi connectivity index (χ1v) is 7.37. The third-order valence-electron chi connectivity index (χ3n) is 4.11. The first kappa shape index (κ1) is 14.6. The van der Waals surface area contributed by atoms with Gasteiger partial charge in [0.1, 0.15) is 0 Å². The van der Waals surface area contributed by atoms with Gasteiger partial charge in [0.15, 0.2) is 11.4 Å². The summed E-state index contributed by atoms with van der Waals surface area (Å²) in [5.74, 6) is -0.341. The molecule has 2 heterocycles. The molecule has 116 valence electrons. The van der Waals surface area contributed by atoms with E-state index in [-0.39, 0.29) is 23.3 Å². The number of carbonyl (C=O) groups is 1. The van der Waals surface area contributed by atoms with Crippen molar-refractivity contribution < 1.29 is 15.0 Å². The minimum Gasteiger partial charge on any atom is -0.504 e. The van der Waals surface area contributed by atoms with Crippen LogP contribution < -0.4 is 0 Å². The molecule has 2 aromatic rings. The van der Waals surface area contributed by atoms with Crippen molar-refractivity contribution in [2.24, 2.45) is 5.92 Å². The lowest BCUT2D eigenvalue weighted by Crippen LogP contribution is -2.30. The number of aromatic hydroxyl groups is 1. The number of aliphatic hydroxyl groups is 1. The predicted octanol–water partition coefficient (Wildman–Crippen LogP) is 1.42. The SMILES string of the molecule is CC(O)C1CCN(C(=O)c2nn(-c3ccccc3)cc2O)C1. The number of benzene rings is 1. The second-order valence-electron chi connectivity index (χ2n) is 5.68. The fourth-order valence-electron chi connectivity index (χ4n) is 2.75. The summed E-state index contributed by atoms with van der Waals surface area (Å²) >= 11 is 0. The third-order valence-corrected chi connectivity index (χ3v) is 4.11. The van der Waals surface area contributed by atoms with Crippen LogP contribution in [0.5, 0.6) is 5.75 Å². The molecule has 2 N–H and O–H groups in total. The Kier molecular flexibility index (Phi) is 3.85. The van der Waals surface area contributed by atoms with Gasteiger partial charge in [0, 0.05) is 19.0 Å². The summed E-state index contributed by atoms with van der Waals surface area (Å²) in [5, 5.41) is 23.8. The molecule has 2 unspecified atom stereocenters. The van der Waals surface area contributed by atoms with Gasteiger partial charge < -0.3 is 15.1 Å². The van der Waals surface area contributed by atoms with Gasteiger partial charge in [-0.1, -0.05) is 18.2 Å². The van der Waals surface area contributed by atoms with Gasteiger partial charge in [0.25, 0.3) is 5.91 Å². The summed E-state index contributed by atoms with van der Waals surface area (Å²) in [4.78, 5) is 14.1. The Hall–Kier alpha value is -2.34. The molecule has 2 atom stereocenters. The molecule has 1 aromatic heterocycles. The van der Waals surface area contributed by atoms with Crippen LogP contribution in [0.3, 0.4) is 0 Å². The first-order chi connectivity index (χ1) is 10.6. The largest absolute Gasteiger partial charge is 0.504 e. The van der Waals surface area contributed by atoms with E-state index in [1.54, 1.807) is 11.8 Å². The van der Waals surface area contributed by atoms with E-state index in [4.69, 9.17) is 0 Å². The summed E-state index contributed by atoms with van der Waals surface area (Å²) < 4.78 is 1.49. The summed E-state index contributed by atoms with van der Waals surface area (Å²) in [7, 11) is 0. The van der Waals surface area contributed by atoms with Crippen LogP contribution in [0.25, 0.3) is 5.69 Å². The zero-order valence-electron chi connectivity index (χ0n) is 12.4. The molecule has 1 saturated heterocycles. The first-order valence-electron chi connectivity index (χ1n) is 7.37. The lowest BCUT2D eigenvalue weighted by Gasteiger charge is -2.16. The van der Waals surface area contributed by atoms with Crippen LogP contribution in [0.1, 0.15) is 23.8 Å². The van der Waals surface area contributed by atoms with Gasteiger partial charge in [-0.3, -0.25) is 4.79 Å². The van der Waals surface area contributed by atoms with Crippen molar-refractivity contribution in [2.45, 2.75) is 19.4 Å². The lowest BCUT2D eigenvalue weighted by molar-refractivity contribution is 0.0753. The van der Waals surface area contributed by atoms with E-state index in [0.717, 1.165) is 12.1 Å². The van der Waals surface area contributed by atoms with Crippen LogP contribution in [0.15, 0.2) is 36.5 Å². The second-order valence-corrected chi connectivity index (χ2v) is 5.68. The minimum atomic E-state index is -0.437. The van der Waals surface area contributed by atoms with Crippen LogP contribution in [-0.2, 0) is 0 Å². The van der Waals surface area contributed by atoms with Crippen LogP contribution in [0, 0.1) is 5.92 Å². The summed E-state index contributed by atoms with van der Waals surface area (Å²) in [6, 6.07) is 9.31. The lowest BCUT2D eigenvalue weighted by atomic mass is 10.0. The van der Waals surface area contributed by atoms with Gasteiger partial charge in [-0.2, -0.15) is 5.10 Å². The van der Waals surface area contributed by atoms with E-state index in [1.165, 1.54) is 10.9 Å². The fourth-order valence-corrected chi connectivity index (χ4v) is 2.75. The molecular formula is C16H19N3O3. The molecule has 3 rings (SSSR count). The Morgan fingerprint density at radius 2 is 2.09 bits per heavy atom. The highest BCUT2D eigenvalue weighted by atomic mass is 16.3. The maximum atomic E-state index is 12.5. The molecule has 1 aliphatic heterocycles. The van der Waals surface area contributed by atoms with Crippen LogP contribution >= 0.6 is 0 Å². The second kappa shape index (κ2) is 5.81. The molecule has 6 heteroatoms. The molecule has 1 amide bonds. The highest BCUT2D eigenvalue weighted by Gasteiger charge is 2.32. The van der Waals surface area contributed by atoms with E-state index in [9.17, 15) is 15.0 Å². The van der Waals surface area contributed by atoms with Crippen molar-refractivity contribution in [3.8, 4) is 11.4 Å². The van der Waals surface area contributed by atoms with Crippen molar-refractivity contribution in [2.75, 3.05) is 13.1 Å². The van der Waals surface area contributed by atoms with Crippen LogP contribution in [-0.4, -0.2) is 50.0 Å². The van der Waals surface area contributed by atoms with E-state index in [2.05, 4.69) is 5.10 Å². The summed E-state index contributed by atoms with van der Waals surface area (Å²) in [5.41, 5.74) is 0.829. The Labute approximate surface area is 128 Å². The third kappa shape index (κ3) is 2.69. The molecule has 1 fully saturated rings. The monoisotopic (exact) mass is 301 g/mol. The number of aromatic nitrogens is 2. The standard InChI is InChI=1S/C16H19N3O3/c1-11(20)12-7-8-18(9-12)16(22)15-14(21)10-19(17-15)13-5-3-2-4-6-13/h2-6,10-12,20-21H,7-9H2,1H3. The van der Waals surface area contributed by atoms with Crippen molar-refractivity contribution >= 4 is 5.91 Å². The Morgan fingerprint density at radius 1 is 1.36 bits per heavy atom. The molecule has 0 saturated carbocycles. The Balaban J connectivity index is 1.81. The van der Waals surface area contributed by atoms with Gasteiger partial charge in [-0.05, 0) is 25.5 Å². The number of nitrogens with zero attached hydrogens (tertiary/aromatic N) is 3. The van der Waals surface area contributed by atoms with Crippen molar-refractivity contribution in [3.63, 3.8) is 0 Å². The number of carbonyl (C=O) groups excluding carboxylic acids is 1. The zero-order valence-corrected chi connectivity index (χ0v) is 12.4. The Morgan fingerprint density at radius 3 is 2.73 bits per heavy atom. The molecule has 1 aliphatic rings. The van der Waals surface area contributed by atoms with E-state index >= 15 is 0 Å². The van der Waals surface area contributed by atoms with Crippen molar-refractivity contribution in [1.82, 2.24) is 14.7 Å². The molecule has 0 bridgehead atoms. The van der Waals surface area contributed by atoms with E-state index in [0.29, 0.717) is 13.1 Å². The van der Waals surface area contributed by atoms with Crippen LogP contribution in [0.4, 0.5) is 0 Å². The number of likely N-dealkylation sites (tertiary alicyclic amines) is 1. The fraction of sp³-hybridized carbons (Fsp3) is 0.375. The zero-order chi connectivity index (χ0) is 15.7. The van der Waals surface area contributed by atoms with E-state index in [1.807, 2.05) is 30.3 Å². The van der Waals surface area contributed by atoms with E-state index < -0.39 is 6.10 Å².